The van der Waals surface area contributed by atoms with Crippen LogP contribution in [0.4, 0.5) is 10.1 Å². The molecule has 0 radical (unpaired) electrons. The second kappa shape index (κ2) is 5.98. The summed E-state index contributed by atoms with van der Waals surface area (Å²) in [6.45, 7) is 3.92. The minimum absolute atomic E-state index is 0.0871. The summed E-state index contributed by atoms with van der Waals surface area (Å²) in [5.74, 6) is -0.520. The molecule has 1 rings (SSSR count). The van der Waals surface area contributed by atoms with E-state index < -0.39 is 5.82 Å². The van der Waals surface area contributed by atoms with Crippen LogP contribution in [0.2, 0.25) is 5.02 Å². The molecule has 0 aromatic heterocycles. The molecule has 3 nitrogen and oxygen atoms in total. The van der Waals surface area contributed by atoms with Crippen LogP contribution in [0.15, 0.2) is 12.1 Å². The molecule has 1 aromatic carbocycles. The molecule has 1 atom stereocenters. The number of rotatable bonds is 4. The van der Waals surface area contributed by atoms with Gasteiger partial charge in [0.05, 0.1) is 10.7 Å². The summed E-state index contributed by atoms with van der Waals surface area (Å²) in [5.41, 5.74) is 6.16. The Balaban J connectivity index is 2.75. The van der Waals surface area contributed by atoms with Crippen molar-refractivity contribution in [3.8, 4) is 0 Å². The minimum atomic E-state index is -0.392. The fraction of sp³-hybridized carbons (Fsp3) is 0.417. The van der Waals surface area contributed by atoms with Crippen molar-refractivity contribution in [2.75, 3.05) is 11.9 Å². The Hall–Kier alpha value is -1.13. The van der Waals surface area contributed by atoms with Crippen molar-refractivity contribution in [1.82, 2.24) is 0 Å². The summed E-state index contributed by atoms with van der Waals surface area (Å²) in [6.07, 6.45) is 0.294. The van der Waals surface area contributed by atoms with Gasteiger partial charge in [-0.05, 0) is 37.1 Å². The third-order valence-corrected chi connectivity index (χ3v) is 2.77. The number of carbonyl (C=O) groups is 1. The first-order valence-corrected chi connectivity index (χ1v) is 5.77. The summed E-state index contributed by atoms with van der Waals surface area (Å²) < 4.78 is 13.3. The van der Waals surface area contributed by atoms with E-state index >= 15 is 0 Å². The normalized spacial score (nSPS) is 12.3. The molecule has 0 saturated carbocycles. The molecule has 1 amide bonds. The van der Waals surface area contributed by atoms with Crippen molar-refractivity contribution < 1.29 is 9.18 Å². The SMILES string of the molecule is Cc1cc(Cl)c(NC(=O)CC(C)CN)cc1F. The van der Waals surface area contributed by atoms with Gasteiger partial charge in [0, 0.05) is 6.42 Å². The summed E-state index contributed by atoms with van der Waals surface area (Å²) >= 11 is 5.91. The van der Waals surface area contributed by atoms with E-state index in [0.29, 0.717) is 29.2 Å². The number of hydrogen-bond acceptors (Lipinski definition) is 2. The number of halogens is 2. The zero-order valence-corrected chi connectivity index (χ0v) is 10.6. The molecule has 0 spiro atoms. The van der Waals surface area contributed by atoms with Gasteiger partial charge in [-0.25, -0.2) is 4.39 Å². The summed E-state index contributed by atoms with van der Waals surface area (Å²) in [5, 5.41) is 2.91. The second-order valence-corrected chi connectivity index (χ2v) is 4.58. The average Bonchev–Trinajstić information content (AvgIpc) is 2.25. The van der Waals surface area contributed by atoms with Crippen LogP contribution in [0.5, 0.6) is 0 Å². The fourth-order valence-corrected chi connectivity index (χ4v) is 1.61. The van der Waals surface area contributed by atoms with E-state index in [4.69, 9.17) is 17.3 Å². The lowest BCUT2D eigenvalue weighted by Gasteiger charge is -2.11. The second-order valence-electron chi connectivity index (χ2n) is 4.17. The quantitative estimate of drug-likeness (QED) is 0.872. The van der Waals surface area contributed by atoms with Crippen LogP contribution >= 0.6 is 11.6 Å². The first-order chi connectivity index (χ1) is 7.93. The maximum absolute atomic E-state index is 13.3. The lowest BCUT2D eigenvalue weighted by atomic mass is 10.1. The van der Waals surface area contributed by atoms with E-state index in [2.05, 4.69) is 5.32 Å². The molecule has 0 bridgehead atoms. The first-order valence-electron chi connectivity index (χ1n) is 5.39. The zero-order valence-electron chi connectivity index (χ0n) is 9.89. The molecule has 0 aliphatic heterocycles. The van der Waals surface area contributed by atoms with Gasteiger partial charge in [-0.2, -0.15) is 0 Å². The number of anilines is 1. The third-order valence-electron chi connectivity index (χ3n) is 2.46. The van der Waals surface area contributed by atoms with Crippen molar-refractivity contribution in [3.05, 3.63) is 28.5 Å². The Morgan fingerprint density at radius 2 is 2.24 bits per heavy atom. The number of aryl methyl sites for hydroxylation is 1. The van der Waals surface area contributed by atoms with Crippen LogP contribution in [0.3, 0.4) is 0 Å². The van der Waals surface area contributed by atoms with Crippen molar-refractivity contribution in [3.63, 3.8) is 0 Å². The predicted molar refractivity (Wildman–Crippen MR) is 67.6 cm³/mol. The van der Waals surface area contributed by atoms with Gasteiger partial charge in [0.15, 0.2) is 0 Å². The molecular weight excluding hydrogens is 243 g/mol. The summed E-state index contributed by atoms with van der Waals surface area (Å²) in [6, 6.07) is 2.71. The van der Waals surface area contributed by atoms with E-state index in [0.717, 1.165) is 0 Å². The van der Waals surface area contributed by atoms with Crippen molar-refractivity contribution >= 4 is 23.2 Å². The van der Waals surface area contributed by atoms with Crippen molar-refractivity contribution in [2.24, 2.45) is 11.7 Å². The van der Waals surface area contributed by atoms with E-state index in [-0.39, 0.29) is 11.8 Å². The number of hydrogen-bond donors (Lipinski definition) is 2. The molecule has 0 saturated heterocycles. The number of benzene rings is 1. The third kappa shape index (κ3) is 3.98. The van der Waals surface area contributed by atoms with Crippen LogP contribution in [0, 0.1) is 18.7 Å². The molecule has 17 heavy (non-hydrogen) atoms. The number of carbonyl (C=O) groups excluding carboxylic acids is 1. The number of nitrogens with one attached hydrogen (secondary N) is 1. The van der Waals surface area contributed by atoms with Gasteiger partial charge in [-0.3, -0.25) is 4.79 Å². The van der Waals surface area contributed by atoms with Gasteiger partial charge >= 0.3 is 0 Å². The molecule has 3 N–H and O–H groups in total. The van der Waals surface area contributed by atoms with Gasteiger partial charge in [0.1, 0.15) is 5.82 Å². The Morgan fingerprint density at radius 3 is 2.82 bits per heavy atom. The molecule has 5 heteroatoms. The van der Waals surface area contributed by atoms with Crippen LogP contribution in [-0.4, -0.2) is 12.5 Å². The Bertz CT molecular complexity index is 423. The monoisotopic (exact) mass is 258 g/mol. The first kappa shape index (κ1) is 13.9. The predicted octanol–water partition coefficient (Wildman–Crippen LogP) is 2.71. The van der Waals surface area contributed by atoms with Crippen molar-refractivity contribution in [1.29, 1.82) is 0 Å². The Kier molecular flexibility index (Phi) is 4.90. The molecule has 1 aromatic rings. The lowest BCUT2D eigenvalue weighted by molar-refractivity contribution is -0.116. The van der Waals surface area contributed by atoms with Gasteiger partial charge < -0.3 is 11.1 Å². The number of nitrogens with two attached hydrogens (primary N) is 1. The van der Waals surface area contributed by atoms with Gasteiger partial charge in [0.25, 0.3) is 0 Å². The largest absolute Gasteiger partial charge is 0.330 e. The maximum Gasteiger partial charge on any atom is 0.224 e. The summed E-state index contributed by atoms with van der Waals surface area (Å²) in [7, 11) is 0. The highest BCUT2D eigenvalue weighted by Crippen LogP contribution is 2.25. The molecule has 0 heterocycles. The van der Waals surface area contributed by atoms with Crippen LogP contribution in [-0.2, 0) is 4.79 Å². The molecule has 0 aliphatic rings. The van der Waals surface area contributed by atoms with E-state index in [1.54, 1.807) is 6.92 Å². The maximum atomic E-state index is 13.3. The lowest BCUT2D eigenvalue weighted by Crippen LogP contribution is -2.20. The topological polar surface area (TPSA) is 55.1 Å². The van der Waals surface area contributed by atoms with Gasteiger partial charge in [-0.15, -0.1) is 0 Å². The molecule has 0 fully saturated rings. The standard InChI is InChI=1S/C12H16ClFN2O/c1-7(6-15)3-12(17)16-11-5-10(14)8(2)4-9(11)13/h4-5,7H,3,6,15H2,1-2H3,(H,16,17). The Labute approximate surface area is 105 Å². The fourth-order valence-electron chi connectivity index (χ4n) is 1.34. The van der Waals surface area contributed by atoms with Gasteiger partial charge in [-0.1, -0.05) is 18.5 Å². The van der Waals surface area contributed by atoms with Crippen LogP contribution in [0.1, 0.15) is 18.9 Å². The minimum Gasteiger partial charge on any atom is -0.330 e. The van der Waals surface area contributed by atoms with E-state index in [1.807, 2.05) is 6.92 Å². The molecular formula is C12H16ClFN2O. The van der Waals surface area contributed by atoms with Crippen LogP contribution < -0.4 is 11.1 Å². The zero-order chi connectivity index (χ0) is 13.0. The molecule has 1 unspecified atom stereocenters. The summed E-state index contributed by atoms with van der Waals surface area (Å²) in [4.78, 5) is 11.6. The highest BCUT2D eigenvalue weighted by Gasteiger charge is 2.11. The molecule has 94 valence electrons. The highest BCUT2D eigenvalue weighted by molar-refractivity contribution is 6.33. The van der Waals surface area contributed by atoms with Crippen LogP contribution in [0.25, 0.3) is 0 Å². The Morgan fingerprint density at radius 1 is 1.59 bits per heavy atom. The van der Waals surface area contributed by atoms with Gasteiger partial charge in [0.2, 0.25) is 5.91 Å². The van der Waals surface area contributed by atoms with E-state index in [9.17, 15) is 9.18 Å². The molecule has 0 aliphatic carbocycles. The average molecular weight is 259 g/mol. The van der Waals surface area contributed by atoms with E-state index in [1.165, 1.54) is 12.1 Å². The smallest absolute Gasteiger partial charge is 0.224 e. The van der Waals surface area contributed by atoms with Crippen molar-refractivity contribution in [2.45, 2.75) is 20.3 Å². The highest BCUT2D eigenvalue weighted by atomic mass is 35.5. The number of amides is 1.